The van der Waals surface area contributed by atoms with Gasteiger partial charge in [-0.25, -0.2) is 0 Å². The van der Waals surface area contributed by atoms with Gasteiger partial charge in [0, 0.05) is 44.3 Å². The van der Waals surface area contributed by atoms with Crippen molar-refractivity contribution in [2.45, 2.75) is 85.1 Å². The maximum absolute atomic E-state index is 11.4. The molecule has 0 radical (unpaired) electrons. The summed E-state index contributed by atoms with van der Waals surface area (Å²) >= 11 is 0. The molecule has 2 rings (SSSR count). The maximum Gasteiger partial charge on any atom is 0.251 e. The van der Waals surface area contributed by atoms with Crippen molar-refractivity contribution < 1.29 is 4.79 Å². The first-order valence-electron chi connectivity index (χ1n) is 12.5. The minimum Gasteiger partial charge on any atom is -0.355 e. The van der Waals surface area contributed by atoms with Gasteiger partial charge in [0.2, 0.25) is 0 Å². The molecule has 2 aromatic rings. The van der Waals surface area contributed by atoms with Crippen LogP contribution in [0.25, 0.3) is 0 Å². The summed E-state index contributed by atoms with van der Waals surface area (Å²) in [5.41, 5.74) is 4.63. The molecule has 0 saturated heterocycles. The highest BCUT2D eigenvalue weighted by Gasteiger charge is 2.05. The van der Waals surface area contributed by atoms with Crippen LogP contribution >= 0.6 is 0 Å². The molecule has 1 amide bonds. The Kier molecular flexibility index (Phi) is 15.1. The van der Waals surface area contributed by atoms with Gasteiger partial charge in [-0.05, 0) is 61.6 Å². The molecular weight excluding hydrogens is 408 g/mol. The summed E-state index contributed by atoms with van der Waals surface area (Å²) in [6.07, 6.45) is 4.70. The van der Waals surface area contributed by atoms with Crippen LogP contribution < -0.4 is 21.3 Å². The van der Waals surface area contributed by atoms with E-state index in [9.17, 15) is 4.79 Å². The highest BCUT2D eigenvalue weighted by Crippen LogP contribution is 2.07. The van der Waals surface area contributed by atoms with E-state index in [1.165, 1.54) is 29.5 Å². The van der Waals surface area contributed by atoms with Crippen molar-refractivity contribution in [1.82, 2.24) is 21.3 Å². The molecule has 0 heterocycles. The highest BCUT2D eigenvalue weighted by atomic mass is 16.1. The van der Waals surface area contributed by atoms with Gasteiger partial charge in [0.15, 0.2) is 0 Å². The average molecular weight is 455 g/mol. The van der Waals surface area contributed by atoms with E-state index in [2.05, 4.69) is 73.2 Å². The third-order valence-corrected chi connectivity index (χ3v) is 6.01. The Morgan fingerprint density at radius 3 is 1.33 bits per heavy atom. The van der Waals surface area contributed by atoms with E-state index in [1.807, 2.05) is 31.3 Å². The number of rotatable bonds is 13. The van der Waals surface area contributed by atoms with Gasteiger partial charge in [-0.15, -0.1) is 0 Å². The fraction of sp³-hybridized carbons (Fsp3) is 0.536. The van der Waals surface area contributed by atoms with E-state index < -0.39 is 0 Å². The molecule has 0 bridgehead atoms. The Labute approximate surface area is 202 Å². The quantitative estimate of drug-likeness (QED) is 0.344. The fourth-order valence-corrected chi connectivity index (χ4v) is 3.58. The topological polar surface area (TPSA) is 65.2 Å². The molecule has 4 N–H and O–H groups in total. The van der Waals surface area contributed by atoms with Crippen molar-refractivity contribution in [3.05, 3.63) is 70.8 Å². The fourth-order valence-electron chi connectivity index (χ4n) is 3.58. The third-order valence-electron chi connectivity index (χ3n) is 6.01. The van der Waals surface area contributed by atoms with Crippen LogP contribution in [0.15, 0.2) is 48.5 Å². The Bertz CT molecular complexity index is 750. The second kappa shape index (κ2) is 17.3. The van der Waals surface area contributed by atoms with Gasteiger partial charge in [-0.2, -0.15) is 0 Å². The lowest BCUT2D eigenvalue weighted by Crippen LogP contribution is -2.27. The summed E-state index contributed by atoms with van der Waals surface area (Å²) in [4.78, 5) is 11.4. The molecule has 0 aliphatic carbocycles. The summed E-state index contributed by atoms with van der Waals surface area (Å²) in [5, 5.41) is 12.8. The van der Waals surface area contributed by atoms with E-state index in [0.29, 0.717) is 17.6 Å². The Morgan fingerprint density at radius 1 is 0.636 bits per heavy atom. The first kappa shape index (κ1) is 28.8. The van der Waals surface area contributed by atoms with Crippen molar-refractivity contribution in [3.8, 4) is 0 Å². The molecule has 5 nitrogen and oxygen atoms in total. The lowest BCUT2D eigenvalue weighted by molar-refractivity contribution is 0.0963. The van der Waals surface area contributed by atoms with Gasteiger partial charge in [-0.3, -0.25) is 4.79 Å². The summed E-state index contributed by atoms with van der Waals surface area (Å²) in [5.74, 6) is -0.0375. The lowest BCUT2D eigenvalue weighted by atomic mass is 10.1. The number of nitrogens with one attached hydrogen (secondary N) is 4. The van der Waals surface area contributed by atoms with Crippen molar-refractivity contribution in [1.29, 1.82) is 0 Å². The second-order valence-electron chi connectivity index (χ2n) is 8.41. The summed E-state index contributed by atoms with van der Waals surface area (Å²) in [6.45, 7) is 11.6. The van der Waals surface area contributed by atoms with E-state index in [1.54, 1.807) is 7.05 Å². The van der Waals surface area contributed by atoms with Crippen LogP contribution in [0.4, 0.5) is 0 Å². The highest BCUT2D eigenvalue weighted by molar-refractivity contribution is 5.93. The number of carbonyl (C=O) groups is 1. The van der Waals surface area contributed by atoms with Gasteiger partial charge in [0.25, 0.3) is 5.91 Å². The molecule has 0 spiro atoms. The normalized spacial score (nSPS) is 10.8. The smallest absolute Gasteiger partial charge is 0.251 e. The van der Waals surface area contributed by atoms with Gasteiger partial charge >= 0.3 is 0 Å². The lowest BCUT2D eigenvalue weighted by Gasteiger charge is -2.14. The predicted octanol–water partition coefficient (Wildman–Crippen LogP) is 5.01. The average Bonchev–Trinajstić information content (AvgIpc) is 2.86. The number of amides is 1. The Morgan fingerprint density at radius 2 is 1.00 bits per heavy atom. The third kappa shape index (κ3) is 11.5. The van der Waals surface area contributed by atoms with E-state index in [-0.39, 0.29) is 5.91 Å². The van der Waals surface area contributed by atoms with E-state index in [0.717, 1.165) is 32.5 Å². The number of hydrogen-bond donors (Lipinski definition) is 4. The summed E-state index contributed by atoms with van der Waals surface area (Å²) < 4.78 is 0. The van der Waals surface area contributed by atoms with Crippen molar-refractivity contribution in [3.63, 3.8) is 0 Å². The van der Waals surface area contributed by atoms with Crippen LogP contribution in [-0.2, 0) is 19.6 Å². The summed E-state index contributed by atoms with van der Waals surface area (Å²) in [7, 11) is 3.62. The summed E-state index contributed by atoms with van der Waals surface area (Å²) in [6, 6.07) is 17.8. The maximum atomic E-state index is 11.4. The van der Waals surface area contributed by atoms with Crippen molar-refractivity contribution in [2.24, 2.45) is 0 Å². The van der Waals surface area contributed by atoms with Crippen LogP contribution in [0.2, 0.25) is 0 Å². The zero-order valence-electron chi connectivity index (χ0n) is 21.6. The molecule has 2 aromatic carbocycles. The predicted molar refractivity (Wildman–Crippen MR) is 141 cm³/mol. The molecule has 5 heteroatoms. The molecule has 0 atom stereocenters. The molecule has 0 aliphatic rings. The SMILES string of the molecule is CCC(CC)NCc1ccc(C(=O)NC)cc1.CCC(CC)NCc1ccc(CNC)cc1. The minimum absolute atomic E-state index is 0.0375. The first-order chi connectivity index (χ1) is 16.0. The van der Waals surface area contributed by atoms with Crippen LogP contribution in [-0.4, -0.2) is 32.1 Å². The molecule has 0 aliphatic heterocycles. The van der Waals surface area contributed by atoms with Gasteiger partial charge < -0.3 is 21.3 Å². The van der Waals surface area contributed by atoms with E-state index >= 15 is 0 Å². The van der Waals surface area contributed by atoms with E-state index in [4.69, 9.17) is 0 Å². The molecule has 0 fully saturated rings. The minimum atomic E-state index is -0.0375. The first-order valence-corrected chi connectivity index (χ1v) is 12.5. The molecule has 33 heavy (non-hydrogen) atoms. The Hall–Kier alpha value is -2.21. The van der Waals surface area contributed by atoms with Crippen LogP contribution in [0, 0.1) is 0 Å². The Balaban J connectivity index is 0.000000331. The van der Waals surface area contributed by atoms with Crippen molar-refractivity contribution in [2.75, 3.05) is 14.1 Å². The molecule has 0 aromatic heterocycles. The molecule has 184 valence electrons. The van der Waals surface area contributed by atoms with Gasteiger partial charge in [-0.1, -0.05) is 64.1 Å². The molecule has 0 unspecified atom stereocenters. The monoisotopic (exact) mass is 454 g/mol. The van der Waals surface area contributed by atoms with Gasteiger partial charge in [0.1, 0.15) is 0 Å². The molecule has 0 saturated carbocycles. The zero-order valence-corrected chi connectivity index (χ0v) is 21.6. The number of carbonyl (C=O) groups excluding carboxylic acids is 1. The molecular formula is C28H46N4O. The zero-order chi connectivity index (χ0) is 24.5. The van der Waals surface area contributed by atoms with Gasteiger partial charge in [0.05, 0.1) is 0 Å². The van der Waals surface area contributed by atoms with Crippen LogP contribution in [0.3, 0.4) is 0 Å². The van der Waals surface area contributed by atoms with Crippen LogP contribution in [0.5, 0.6) is 0 Å². The largest absolute Gasteiger partial charge is 0.355 e. The van der Waals surface area contributed by atoms with Crippen LogP contribution in [0.1, 0.15) is 80.4 Å². The second-order valence-corrected chi connectivity index (χ2v) is 8.41. The number of hydrogen-bond acceptors (Lipinski definition) is 4. The number of benzene rings is 2. The standard InChI is InChI=1S/C14H22N2O.C14H24N2/c1-4-13(5-2)16-10-11-6-8-12(9-7-11)14(17)15-3;1-4-14(5-2)16-11-13-8-6-12(7-9-13)10-15-3/h6-9,13,16H,4-5,10H2,1-3H3,(H,15,17);6-9,14-16H,4-5,10-11H2,1-3H3. The van der Waals surface area contributed by atoms with Crippen molar-refractivity contribution >= 4 is 5.91 Å².